The van der Waals surface area contributed by atoms with Crippen LogP contribution in [0.15, 0.2) is 73.4 Å². The first-order chi connectivity index (χ1) is 6.26. The van der Waals surface area contributed by atoms with Crippen LogP contribution in [0.2, 0.25) is 0 Å². The van der Waals surface area contributed by atoms with Crippen molar-refractivity contribution in [1.82, 2.24) is 0 Å². The van der Waals surface area contributed by atoms with Gasteiger partial charge in [-0.25, -0.2) is 0 Å². The molecule has 0 N–H and O–H groups in total. The van der Waals surface area contributed by atoms with Crippen LogP contribution in [0.5, 0.6) is 0 Å². The molecule has 0 saturated carbocycles. The van der Waals surface area contributed by atoms with Crippen LogP contribution in [-0.2, 0) is 0 Å². The zero-order valence-corrected chi connectivity index (χ0v) is 8.16. The normalized spacial score (nSPS) is 12.2. The monoisotopic (exact) mass is 172 g/mol. The highest BCUT2D eigenvalue weighted by atomic mass is 14.0. The summed E-state index contributed by atoms with van der Waals surface area (Å²) in [5.41, 5.74) is 2.02. The molecule has 0 rings (SSSR count). The largest absolute Gasteiger partial charge is 0.0991 e. The highest BCUT2D eigenvalue weighted by Crippen LogP contribution is 2.11. The molecule has 0 spiro atoms. The minimum atomic E-state index is 0.956. The van der Waals surface area contributed by atoms with Crippen LogP contribution in [0.3, 0.4) is 0 Å². The molecule has 0 radical (unpaired) electrons. The van der Waals surface area contributed by atoms with E-state index in [9.17, 15) is 0 Å². The SMILES string of the molecule is C=C/C=C\C(=C)C(/C=C\C)=C/C=C. The van der Waals surface area contributed by atoms with Gasteiger partial charge in [-0.15, -0.1) is 0 Å². The fourth-order valence-corrected chi connectivity index (χ4v) is 0.857. The Morgan fingerprint density at radius 3 is 2.23 bits per heavy atom. The molecule has 0 heterocycles. The van der Waals surface area contributed by atoms with Gasteiger partial charge in [0.05, 0.1) is 0 Å². The lowest BCUT2D eigenvalue weighted by Gasteiger charge is -1.98. The Morgan fingerprint density at radius 1 is 1.08 bits per heavy atom. The van der Waals surface area contributed by atoms with Gasteiger partial charge < -0.3 is 0 Å². The van der Waals surface area contributed by atoms with Gasteiger partial charge in [-0.2, -0.15) is 0 Å². The van der Waals surface area contributed by atoms with Gasteiger partial charge in [0.25, 0.3) is 0 Å². The van der Waals surface area contributed by atoms with Crippen molar-refractivity contribution in [2.75, 3.05) is 0 Å². The molecule has 0 aromatic rings. The van der Waals surface area contributed by atoms with E-state index in [2.05, 4.69) is 19.7 Å². The van der Waals surface area contributed by atoms with E-state index in [-0.39, 0.29) is 0 Å². The summed E-state index contributed by atoms with van der Waals surface area (Å²) in [6.07, 6.45) is 13.2. The average molecular weight is 172 g/mol. The molecule has 0 bridgehead atoms. The molecule has 0 aromatic carbocycles. The summed E-state index contributed by atoms with van der Waals surface area (Å²) in [6.45, 7) is 13.1. The molecule has 0 unspecified atom stereocenters. The van der Waals surface area contributed by atoms with Crippen LogP contribution in [0.25, 0.3) is 0 Å². The van der Waals surface area contributed by atoms with E-state index in [0.717, 1.165) is 11.1 Å². The summed E-state index contributed by atoms with van der Waals surface area (Å²) in [6, 6.07) is 0. The highest BCUT2D eigenvalue weighted by molar-refractivity contribution is 5.46. The third-order valence-electron chi connectivity index (χ3n) is 1.45. The zero-order chi connectivity index (χ0) is 10.1. The summed E-state index contributed by atoms with van der Waals surface area (Å²) in [5.74, 6) is 0. The van der Waals surface area contributed by atoms with Gasteiger partial charge in [-0.1, -0.05) is 62.3 Å². The van der Waals surface area contributed by atoms with E-state index in [0.29, 0.717) is 0 Å². The molecule has 0 heteroatoms. The Labute approximate surface area is 81.0 Å². The molecule has 13 heavy (non-hydrogen) atoms. The second-order valence-corrected chi connectivity index (χ2v) is 2.48. The smallest absolute Gasteiger partial charge is 0.0193 e. The Kier molecular flexibility index (Phi) is 6.26. The van der Waals surface area contributed by atoms with Crippen LogP contribution < -0.4 is 0 Å². The second kappa shape index (κ2) is 7.11. The maximum absolute atomic E-state index is 3.93. The van der Waals surface area contributed by atoms with Gasteiger partial charge in [-0.3, -0.25) is 0 Å². The molecule has 68 valence electrons. The van der Waals surface area contributed by atoms with Crippen molar-refractivity contribution in [1.29, 1.82) is 0 Å². The highest BCUT2D eigenvalue weighted by Gasteiger charge is 1.91. The molecule has 0 aliphatic rings. The van der Waals surface area contributed by atoms with Gasteiger partial charge in [0, 0.05) is 0 Å². The molecule has 0 aliphatic carbocycles. The molecule has 0 saturated heterocycles. The van der Waals surface area contributed by atoms with Crippen LogP contribution in [0, 0.1) is 0 Å². The molecule has 0 nitrogen and oxygen atoms in total. The van der Waals surface area contributed by atoms with Crippen LogP contribution in [0.4, 0.5) is 0 Å². The summed E-state index contributed by atoms with van der Waals surface area (Å²) in [7, 11) is 0. The van der Waals surface area contributed by atoms with Crippen molar-refractivity contribution >= 4 is 0 Å². The first kappa shape index (κ1) is 11.4. The van der Waals surface area contributed by atoms with Crippen molar-refractivity contribution in [3.63, 3.8) is 0 Å². The lowest BCUT2D eigenvalue weighted by Crippen LogP contribution is -1.79. The van der Waals surface area contributed by atoms with E-state index in [4.69, 9.17) is 0 Å². The van der Waals surface area contributed by atoms with Crippen molar-refractivity contribution in [2.24, 2.45) is 0 Å². The van der Waals surface area contributed by atoms with Gasteiger partial charge in [-0.05, 0) is 18.1 Å². The summed E-state index contributed by atoms with van der Waals surface area (Å²) < 4.78 is 0. The third kappa shape index (κ3) is 4.81. The maximum atomic E-state index is 3.93. The Morgan fingerprint density at radius 2 is 1.77 bits per heavy atom. The number of rotatable bonds is 5. The van der Waals surface area contributed by atoms with Crippen LogP contribution in [-0.4, -0.2) is 0 Å². The zero-order valence-electron chi connectivity index (χ0n) is 8.16. The van der Waals surface area contributed by atoms with Crippen molar-refractivity contribution in [3.05, 3.63) is 73.4 Å². The van der Waals surface area contributed by atoms with E-state index in [1.165, 1.54) is 0 Å². The van der Waals surface area contributed by atoms with Crippen LogP contribution >= 0.6 is 0 Å². The maximum Gasteiger partial charge on any atom is -0.0193 e. The quantitative estimate of drug-likeness (QED) is 0.550. The Bertz CT molecular complexity index is 272. The molecule has 0 amide bonds. The molecular weight excluding hydrogens is 156 g/mol. The standard InChI is InChI=1S/C13H16/c1-5-8-11-12(4)13(9-6-2)10-7-3/h5-11H,1-2,4H2,3H3/b10-7-,11-8-,13-9+. The van der Waals surface area contributed by atoms with E-state index in [1.54, 1.807) is 12.2 Å². The average Bonchev–Trinajstić information content (AvgIpc) is 2.14. The fraction of sp³-hybridized carbons (Fsp3) is 0.0769. The van der Waals surface area contributed by atoms with Crippen LogP contribution in [0.1, 0.15) is 6.92 Å². The fourth-order valence-electron chi connectivity index (χ4n) is 0.857. The predicted molar refractivity (Wildman–Crippen MR) is 61.6 cm³/mol. The van der Waals surface area contributed by atoms with Crippen molar-refractivity contribution in [3.8, 4) is 0 Å². The first-order valence-corrected chi connectivity index (χ1v) is 4.20. The van der Waals surface area contributed by atoms with Gasteiger partial charge in [0.2, 0.25) is 0 Å². The van der Waals surface area contributed by atoms with Crippen molar-refractivity contribution < 1.29 is 0 Å². The van der Waals surface area contributed by atoms with E-state index >= 15 is 0 Å². The predicted octanol–water partition coefficient (Wildman–Crippen LogP) is 3.97. The topological polar surface area (TPSA) is 0 Å². The molecule has 0 atom stereocenters. The number of hydrogen-bond acceptors (Lipinski definition) is 0. The molecule has 0 aliphatic heterocycles. The minimum absolute atomic E-state index is 0.956. The first-order valence-electron chi connectivity index (χ1n) is 4.20. The molecular formula is C13H16. The lowest BCUT2D eigenvalue weighted by molar-refractivity contribution is 1.54. The van der Waals surface area contributed by atoms with Gasteiger partial charge in [0.15, 0.2) is 0 Å². The third-order valence-corrected chi connectivity index (χ3v) is 1.45. The summed E-state index contributed by atoms with van der Waals surface area (Å²) in [4.78, 5) is 0. The lowest BCUT2D eigenvalue weighted by atomic mass is 10.1. The minimum Gasteiger partial charge on any atom is -0.0991 e. The Hall–Kier alpha value is -1.56. The summed E-state index contributed by atoms with van der Waals surface area (Å²) >= 11 is 0. The van der Waals surface area contributed by atoms with E-state index < -0.39 is 0 Å². The summed E-state index contributed by atoms with van der Waals surface area (Å²) in [5, 5.41) is 0. The van der Waals surface area contributed by atoms with Crippen molar-refractivity contribution in [2.45, 2.75) is 6.92 Å². The van der Waals surface area contributed by atoms with Gasteiger partial charge >= 0.3 is 0 Å². The van der Waals surface area contributed by atoms with Gasteiger partial charge in [0.1, 0.15) is 0 Å². The second-order valence-electron chi connectivity index (χ2n) is 2.48. The molecule has 0 fully saturated rings. The molecule has 0 aromatic heterocycles. The number of hydrogen-bond donors (Lipinski definition) is 0. The van der Waals surface area contributed by atoms with E-state index in [1.807, 2.05) is 37.3 Å². The number of allylic oxidation sites excluding steroid dienone is 9. The Balaban J connectivity index is 4.65.